The molecule has 1 amide bonds. The van der Waals surface area contributed by atoms with Gasteiger partial charge in [0, 0.05) is 25.7 Å². The number of piperidine rings is 1. The van der Waals surface area contributed by atoms with Crippen molar-refractivity contribution in [3.05, 3.63) is 35.7 Å². The van der Waals surface area contributed by atoms with Gasteiger partial charge in [-0.1, -0.05) is 30.0 Å². The molecule has 0 bridgehead atoms. The van der Waals surface area contributed by atoms with Gasteiger partial charge in [0.05, 0.1) is 5.75 Å². The molecule has 6 nitrogen and oxygen atoms in total. The fourth-order valence-electron chi connectivity index (χ4n) is 3.79. The predicted molar refractivity (Wildman–Crippen MR) is 104 cm³/mol. The second-order valence-electron chi connectivity index (χ2n) is 7.07. The van der Waals surface area contributed by atoms with E-state index in [1.54, 1.807) is 0 Å². The smallest absolute Gasteiger partial charge is 0.237 e. The number of fused-ring (bicyclic) bond motifs is 1. The van der Waals surface area contributed by atoms with Crippen molar-refractivity contribution in [1.82, 2.24) is 20.1 Å². The van der Waals surface area contributed by atoms with Gasteiger partial charge in [-0.05, 0) is 49.9 Å². The molecule has 7 heteroatoms. The Balaban J connectivity index is 1.35. The van der Waals surface area contributed by atoms with E-state index in [1.807, 2.05) is 30.1 Å². The van der Waals surface area contributed by atoms with E-state index in [0.717, 1.165) is 49.1 Å². The molecule has 2 aliphatic heterocycles. The lowest BCUT2D eigenvalue weighted by atomic mass is 9.94. The Kier molecular flexibility index (Phi) is 5.26. The number of anilines is 1. The summed E-state index contributed by atoms with van der Waals surface area (Å²) >= 11 is 1.49. The molecule has 4 rings (SSSR count). The molecule has 0 unspecified atom stereocenters. The van der Waals surface area contributed by atoms with Gasteiger partial charge in [-0.25, -0.2) is 0 Å². The van der Waals surface area contributed by atoms with Gasteiger partial charge in [0.2, 0.25) is 5.91 Å². The van der Waals surface area contributed by atoms with E-state index in [1.165, 1.54) is 30.2 Å². The van der Waals surface area contributed by atoms with Crippen LogP contribution in [0.2, 0.25) is 0 Å². The second kappa shape index (κ2) is 7.80. The van der Waals surface area contributed by atoms with Crippen LogP contribution in [0, 0.1) is 5.92 Å². The highest BCUT2D eigenvalue weighted by atomic mass is 32.2. The number of carbonyl (C=O) groups excluding carboxylic acids is 1. The third-order valence-electron chi connectivity index (χ3n) is 5.37. The monoisotopic (exact) mass is 371 g/mol. The van der Waals surface area contributed by atoms with E-state index in [0.29, 0.717) is 11.7 Å². The fraction of sp³-hybridized carbons (Fsp3) is 0.526. The van der Waals surface area contributed by atoms with Crippen LogP contribution in [0.25, 0.3) is 0 Å². The Morgan fingerprint density at radius 3 is 2.92 bits per heavy atom. The molecule has 26 heavy (non-hydrogen) atoms. The highest BCUT2D eigenvalue weighted by Gasteiger charge is 2.25. The first-order valence-corrected chi connectivity index (χ1v) is 10.3. The zero-order valence-electron chi connectivity index (χ0n) is 15.1. The van der Waals surface area contributed by atoms with Crippen LogP contribution in [0.1, 0.15) is 24.2 Å². The first-order valence-electron chi connectivity index (χ1n) is 9.32. The number of thioether (sulfide) groups is 1. The van der Waals surface area contributed by atoms with E-state index in [-0.39, 0.29) is 5.91 Å². The number of rotatable bonds is 5. The van der Waals surface area contributed by atoms with Gasteiger partial charge in [-0.3, -0.25) is 4.79 Å². The Bertz CT molecular complexity index is 784. The molecule has 2 aliphatic rings. The Morgan fingerprint density at radius 1 is 1.27 bits per heavy atom. The summed E-state index contributed by atoms with van der Waals surface area (Å²) in [5.74, 6) is 2.24. The van der Waals surface area contributed by atoms with Crippen LogP contribution in [0.5, 0.6) is 0 Å². The Labute approximate surface area is 158 Å². The Morgan fingerprint density at radius 2 is 2.08 bits per heavy atom. The first kappa shape index (κ1) is 17.5. The molecular formula is C19H25N5OS. The zero-order chi connectivity index (χ0) is 17.9. The average Bonchev–Trinajstić information content (AvgIpc) is 3.25. The zero-order valence-corrected chi connectivity index (χ0v) is 16.0. The van der Waals surface area contributed by atoms with Crippen molar-refractivity contribution in [2.24, 2.45) is 13.0 Å². The van der Waals surface area contributed by atoms with Crippen LogP contribution in [-0.2, 0) is 24.7 Å². The quantitative estimate of drug-likeness (QED) is 0.815. The maximum atomic E-state index is 12.7. The summed E-state index contributed by atoms with van der Waals surface area (Å²) in [6.45, 7) is 2.96. The number of aromatic nitrogens is 3. The minimum absolute atomic E-state index is 0.142. The number of nitrogens with zero attached hydrogens (tertiary/aromatic N) is 4. The molecule has 2 aromatic rings. The minimum atomic E-state index is 0.142. The normalized spacial score (nSPS) is 17.5. The Hall–Kier alpha value is -1.86. The van der Waals surface area contributed by atoms with E-state index >= 15 is 0 Å². The lowest BCUT2D eigenvalue weighted by Crippen LogP contribution is -2.30. The van der Waals surface area contributed by atoms with Crippen molar-refractivity contribution in [2.45, 2.75) is 30.8 Å². The molecule has 0 radical (unpaired) electrons. The number of hydrogen-bond donors (Lipinski definition) is 1. The number of carbonyl (C=O) groups is 1. The predicted octanol–water partition coefficient (Wildman–Crippen LogP) is 2.04. The summed E-state index contributed by atoms with van der Waals surface area (Å²) < 4.78 is 2.05. The molecule has 1 saturated heterocycles. The molecular weight excluding hydrogens is 346 g/mol. The van der Waals surface area contributed by atoms with Gasteiger partial charge < -0.3 is 14.8 Å². The minimum Gasteiger partial charge on any atom is -0.317 e. The van der Waals surface area contributed by atoms with Crippen molar-refractivity contribution < 1.29 is 4.79 Å². The summed E-state index contributed by atoms with van der Waals surface area (Å²) in [7, 11) is 2.01. The van der Waals surface area contributed by atoms with Crippen molar-refractivity contribution in [2.75, 3.05) is 30.3 Å². The topological polar surface area (TPSA) is 63.1 Å². The molecule has 138 valence electrons. The van der Waals surface area contributed by atoms with Crippen LogP contribution in [0.15, 0.2) is 29.4 Å². The van der Waals surface area contributed by atoms with Gasteiger partial charge in [0.1, 0.15) is 5.82 Å². The molecule has 1 N–H and O–H groups in total. The molecule has 1 fully saturated rings. The lowest BCUT2D eigenvalue weighted by molar-refractivity contribution is -0.116. The molecule has 1 aromatic carbocycles. The van der Waals surface area contributed by atoms with E-state index < -0.39 is 0 Å². The molecule has 1 aromatic heterocycles. The molecule has 0 aliphatic carbocycles. The van der Waals surface area contributed by atoms with Crippen LogP contribution in [0.4, 0.5) is 5.69 Å². The van der Waals surface area contributed by atoms with Gasteiger partial charge >= 0.3 is 0 Å². The lowest BCUT2D eigenvalue weighted by Gasteiger charge is -2.21. The maximum Gasteiger partial charge on any atom is 0.237 e. The van der Waals surface area contributed by atoms with Crippen molar-refractivity contribution in [1.29, 1.82) is 0 Å². The standard InChI is InChI=1S/C19H25N5OS/c1-23-17(12-14-6-9-20-10-7-14)21-22-19(23)26-13-18(25)24-11-8-15-4-2-3-5-16(15)24/h2-5,14,20H,6-13H2,1H3. The molecule has 3 heterocycles. The van der Waals surface area contributed by atoms with Gasteiger partial charge in [0.25, 0.3) is 0 Å². The maximum absolute atomic E-state index is 12.7. The number of nitrogens with one attached hydrogen (secondary N) is 1. The SMILES string of the molecule is Cn1c(CC2CCNCC2)nnc1SCC(=O)N1CCc2ccccc21. The van der Waals surface area contributed by atoms with Crippen molar-refractivity contribution in [3.8, 4) is 0 Å². The first-order chi connectivity index (χ1) is 12.7. The second-order valence-corrected chi connectivity index (χ2v) is 8.01. The summed E-state index contributed by atoms with van der Waals surface area (Å²) in [5, 5.41) is 12.9. The van der Waals surface area contributed by atoms with Crippen LogP contribution >= 0.6 is 11.8 Å². The summed E-state index contributed by atoms with van der Waals surface area (Å²) in [6.07, 6.45) is 4.31. The number of benzene rings is 1. The van der Waals surface area contributed by atoms with Gasteiger partial charge in [0.15, 0.2) is 5.16 Å². The van der Waals surface area contributed by atoms with E-state index in [4.69, 9.17) is 0 Å². The van der Waals surface area contributed by atoms with Crippen LogP contribution < -0.4 is 10.2 Å². The van der Waals surface area contributed by atoms with Gasteiger partial charge in [-0.15, -0.1) is 10.2 Å². The molecule has 0 atom stereocenters. The third-order valence-corrected chi connectivity index (χ3v) is 6.37. The summed E-state index contributed by atoms with van der Waals surface area (Å²) in [4.78, 5) is 14.6. The molecule has 0 saturated carbocycles. The van der Waals surface area contributed by atoms with Gasteiger partial charge in [-0.2, -0.15) is 0 Å². The number of hydrogen-bond acceptors (Lipinski definition) is 5. The van der Waals surface area contributed by atoms with Crippen LogP contribution in [0.3, 0.4) is 0 Å². The summed E-state index contributed by atoms with van der Waals surface area (Å²) in [6, 6.07) is 8.16. The largest absolute Gasteiger partial charge is 0.317 e. The van der Waals surface area contributed by atoms with Crippen molar-refractivity contribution in [3.63, 3.8) is 0 Å². The summed E-state index contributed by atoms with van der Waals surface area (Å²) in [5.41, 5.74) is 2.32. The average molecular weight is 372 g/mol. The van der Waals surface area contributed by atoms with E-state index in [9.17, 15) is 4.79 Å². The van der Waals surface area contributed by atoms with Crippen molar-refractivity contribution >= 4 is 23.4 Å². The number of amides is 1. The third kappa shape index (κ3) is 3.64. The van der Waals surface area contributed by atoms with Crippen LogP contribution in [-0.4, -0.2) is 46.1 Å². The highest BCUT2D eigenvalue weighted by Crippen LogP contribution is 2.29. The highest BCUT2D eigenvalue weighted by molar-refractivity contribution is 7.99. The fourth-order valence-corrected chi connectivity index (χ4v) is 4.60. The van der Waals surface area contributed by atoms with E-state index in [2.05, 4.69) is 26.1 Å². The molecule has 0 spiro atoms. The number of para-hydroxylation sites is 1.